The smallest absolute Gasteiger partial charge is 0.315 e. The molecule has 172 valence electrons. The van der Waals surface area contributed by atoms with E-state index in [1.165, 1.54) is 19.3 Å². The van der Waals surface area contributed by atoms with Gasteiger partial charge < -0.3 is 19.9 Å². The van der Waals surface area contributed by atoms with Gasteiger partial charge in [-0.2, -0.15) is 0 Å². The molecule has 2 aromatic rings. The normalized spacial score (nSPS) is 14.5. The largest absolute Gasteiger partial charge is 0.500 e. The Morgan fingerprint density at radius 1 is 1.27 bits per heavy atom. The Morgan fingerprint density at radius 2 is 2.00 bits per heavy atom. The molecule has 12 heteroatoms. The number of phenolic OH excluding ortho intramolecular Hbond substituents is 1. The number of ether oxygens (including phenoxy) is 2. The van der Waals surface area contributed by atoms with E-state index in [4.69, 9.17) is 9.47 Å². The van der Waals surface area contributed by atoms with Crippen molar-refractivity contribution in [2.45, 2.75) is 6.92 Å². The Bertz CT molecular complexity index is 1160. The number of nitro benzene ring substituents is 1. The number of imide groups is 1. The lowest BCUT2D eigenvalue weighted by atomic mass is 10.1. The van der Waals surface area contributed by atoms with Crippen molar-refractivity contribution in [1.82, 2.24) is 4.90 Å². The SMILES string of the molecule is CCOc1cc(/C=C2\SC(=O)N(CC(=O)Nc3ccccc3OC)C2=O)cc([N+](=O)[O-])c1O. The van der Waals surface area contributed by atoms with Crippen molar-refractivity contribution >= 4 is 46.3 Å². The van der Waals surface area contributed by atoms with Crippen molar-refractivity contribution < 1.29 is 33.9 Å². The number of hydrogen-bond acceptors (Lipinski definition) is 9. The fraction of sp³-hybridized carbons (Fsp3) is 0.190. The Kier molecular flexibility index (Phi) is 7.18. The summed E-state index contributed by atoms with van der Waals surface area (Å²) >= 11 is 0.591. The van der Waals surface area contributed by atoms with Gasteiger partial charge in [0, 0.05) is 6.07 Å². The van der Waals surface area contributed by atoms with Crippen LogP contribution in [0.5, 0.6) is 17.2 Å². The monoisotopic (exact) mass is 473 g/mol. The predicted octanol–water partition coefficient (Wildman–Crippen LogP) is 3.38. The number of nitrogens with one attached hydrogen (secondary N) is 1. The molecule has 1 aliphatic heterocycles. The summed E-state index contributed by atoms with van der Waals surface area (Å²) in [5, 5.41) is 23.1. The number of hydrogen-bond donors (Lipinski definition) is 2. The predicted molar refractivity (Wildman–Crippen MR) is 120 cm³/mol. The summed E-state index contributed by atoms with van der Waals surface area (Å²) < 4.78 is 10.4. The van der Waals surface area contributed by atoms with Crippen molar-refractivity contribution in [3.8, 4) is 17.2 Å². The highest BCUT2D eigenvalue weighted by molar-refractivity contribution is 8.18. The Morgan fingerprint density at radius 3 is 2.67 bits per heavy atom. The van der Waals surface area contributed by atoms with Crippen molar-refractivity contribution in [2.24, 2.45) is 0 Å². The molecule has 0 aromatic heterocycles. The quantitative estimate of drug-likeness (QED) is 0.334. The van der Waals surface area contributed by atoms with Crippen molar-refractivity contribution in [1.29, 1.82) is 0 Å². The highest BCUT2D eigenvalue weighted by atomic mass is 32.2. The molecule has 2 N–H and O–H groups in total. The number of thioether (sulfide) groups is 1. The number of phenols is 1. The standard InChI is InChI=1S/C21H19N3O8S/c1-3-32-16-9-12(8-14(19(16)26)24(29)30)10-17-20(27)23(21(28)33-17)11-18(25)22-13-6-4-5-7-15(13)31-2/h4-10,26H,3,11H2,1-2H3,(H,22,25)/b17-10-. The second-order valence-electron chi connectivity index (χ2n) is 6.59. The van der Waals surface area contributed by atoms with Crippen LogP contribution < -0.4 is 14.8 Å². The molecule has 33 heavy (non-hydrogen) atoms. The van der Waals surface area contributed by atoms with Gasteiger partial charge in [-0.1, -0.05) is 12.1 Å². The van der Waals surface area contributed by atoms with Gasteiger partial charge in [0.05, 0.1) is 29.2 Å². The van der Waals surface area contributed by atoms with Crippen LogP contribution in [0, 0.1) is 10.1 Å². The fourth-order valence-corrected chi connectivity index (χ4v) is 3.81. The fourth-order valence-electron chi connectivity index (χ4n) is 2.97. The first-order valence-electron chi connectivity index (χ1n) is 9.57. The van der Waals surface area contributed by atoms with Crippen LogP contribution in [0.15, 0.2) is 41.3 Å². The van der Waals surface area contributed by atoms with E-state index in [-0.39, 0.29) is 22.8 Å². The number of carbonyl (C=O) groups is 3. The summed E-state index contributed by atoms with van der Waals surface area (Å²) in [6.07, 6.45) is 1.26. The first-order chi connectivity index (χ1) is 15.7. The second-order valence-corrected chi connectivity index (χ2v) is 7.59. The average molecular weight is 473 g/mol. The average Bonchev–Trinajstić information content (AvgIpc) is 3.03. The molecule has 0 atom stereocenters. The van der Waals surface area contributed by atoms with E-state index in [1.54, 1.807) is 31.2 Å². The zero-order valence-corrected chi connectivity index (χ0v) is 18.4. The number of nitrogens with zero attached hydrogens (tertiary/aromatic N) is 2. The zero-order valence-electron chi connectivity index (χ0n) is 17.6. The van der Waals surface area contributed by atoms with Gasteiger partial charge in [0.1, 0.15) is 12.3 Å². The van der Waals surface area contributed by atoms with E-state index >= 15 is 0 Å². The van der Waals surface area contributed by atoms with E-state index in [0.29, 0.717) is 23.2 Å². The topological polar surface area (TPSA) is 148 Å². The van der Waals surface area contributed by atoms with Gasteiger partial charge in [-0.05, 0) is 48.5 Å². The molecule has 1 aliphatic rings. The third kappa shape index (κ3) is 5.23. The maximum atomic E-state index is 12.7. The molecule has 0 saturated carbocycles. The second kappa shape index (κ2) is 10.0. The third-order valence-corrected chi connectivity index (χ3v) is 5.34. The van der Waals surface area contributed by atoms with Gasteiger partial charge in [0.2, 0.25) is 11.7 Å². The molecule has 2 aromatic carbocycles. The molecule has 0 aliphatic carbocycles. The van der Waals surface area contributed by atoms with Gasteiger partial charge in [0.25, 0.3) is 11.1 Å². The van der Waals surface area contributed by atoms with Crippen LogP contribution in [0.4, 0.5) is 16.2 Å². The molecule has 0 unspecified atom stereocenters. The maximum Gasteiger partial charge on any atom is 0.315 e. The number of rotatable bonds is 8. The van der Waals surface area contributed by atoms with Crippen LogP contribution in [0.2, 0.25) is 0 Å². The highest BCUT2D eigenvalue weighted by Crippen LogP contribution is 2.39. The summed E-state index contributed by atoms with van der Waals surface area (Å²) in [6, 6.07) is 9.03. The molecule has 3 amide bonds. The number of carbonyl (C=O) groups excluding carboxylic acids is 3. The Labute approximate surface area is 192 Å². The first-order valence-corrected chi connectivity index (χ1v) is 10.4. The van der Waals surface area contributed by atoms with E-state index < -0.39 is 40.0 Å². The Hall–Kier alpha value is -4.06. The molecule has 11 nitrogen and oxygen atoms in total. The summed E-state index contributed by atoms with van der Waals surface area (Å²) in [6.45, 7) is 1.26. The summed E-state index contributed by atoms with van der Waals surface area (Å²) in [4.78, 5) is 48.6. The van der Waals surface area contributed by atoms with Crippen LogP contribution >= 0.6 is 11.8 Å². The first kappa shape index (κ1) is 23.6. The molecular weight excluding hydrogens is 454 g/mol. The molecule has 1 heterocycles. The minimum atomic E-state index is -0.789. The number of anilines is 1. The lowest BCUT2D eigenvalue weighted by Crippen LogP contribution is -2.36. The Balaban J connectivity index is 1.81. The lowest BCUT2D eigenvalue weighted by Gasteiger charge is -2.14. The third-order valence-electron chi connectivity index (χ3n) is 4.43. The van der Waals surface area contributed by atoms with Crippen molar-refractivity contribution in [3.05, 3.63) is 57.0 Å². The van der Waals surface area contributed by atoms with Gasteiger partial charge >= 0.3 is 5.69 Å². The van der Waals surface area contributed by atoms with E-state index in [1.807, 2.05) is 0 Å². The van der Waals surface area contributed by atoms with E-state index in [9.17, 15) is 29.6 Å². The van der Waals surface area contributed by atoms with E-state index in [2.05, 4.69) is 5.32 Å². The molecular formula is C21H19N3O8S. The zero-order chi connectivity index (χ0) is 24.1. The number of benzene rings is 2. The summed E-state index contributed by atoms with van der Waals surface area (Å²) in [7, 11) is 1.44. The number of aromatic hydroxyl groups is 1. The molecule has 0 bridgehead atoms. The number of para-hydroxylation sites is 2. The van der Waals surface area contributed by atoms with Crippen LogP contribution in [0.1, 0.15) is 12.5 Å². The minimum Gasteiger partial charge on any atom is -0.500 e. The maximum absolute atomic E-state index is 12.7. The van der Waals surface area contributed by atoms with Gasteiger partial charge in [-0.15, -0.1) is 0 Å². The van der Waals surface area contributed by atoms with Crippen molar-refractivity contribution in [3.63, 3.8) is 0 Å². The molecule has 1 fully saturated rings. The summed E-state index contributed by atoms with van der Waals surface area (Å²) in [5.41, 5.74) is -0.0538. The molecule has 0 radical (unpaired) electrons. The van der Waals surface area contributed by atoms with Gasteiger partial charge in [-0.3, -0.25) is 29.4 Å². The molecule has 0 spiro atoms. The van der Waals surface area contributed by atoms with Gasteiger partial charge in [-0.25, -0.2) is 0 Å². The molecule has 3 rings (SSSR count). The molecule has 1 saturated heterocycles. The number of amides is 3. The summed E-state index contributed by atoms with van der Waals surface area (Å²) in [5.74, 6) is -1.69. The van der Waals surface area contributed by atoms with E-state index in [0.717, 1.165) is 11.0 Å². The van der Waals surface area contributed by atoms with Crippen LogP contribution in [-0.2, 0) is 9.59 Å². The highest BCUT2D eigenvalue weighted by Gasteiger charge is 2.36. The van der Waals surface area contributed by atoms with Gasteiger partial charge in [0.15, 0.2) is 5.75 Å². The number of nitro groups is 1. The van der Waals surface area contributed by atoms with Crippen LogP contribution in [-0.4, -0.2) is 52.2 Å². The number of methoxy groups -OCH3 is 1. The minimum absolute atomic E-state index is 0.0347. The van der Waals surface area contributed by atoms with Crippen LogP contribution in [0.25, 0.3) is 6.08 Å². The van der Waals surface area contributed by atoms with Crippen LogP contribution in [0.3, 0.4) is 0 Å². The lowest BCUT2D eigenvalue weighted by molar-refractivity contribution is -0.386. The van der Waals surface area contributed by atoms with Crippen molar-refractivity contribution in [2.75, 3.05) is 25.6 Å².